The number of ether oxygens (including phenoxy) is 1. The molecule has 3 heterocycles. The molecule has 0 saturated heterocycles. The third-order valence-corrected chi connectivity index (χ3v) is 13.5. The Labute approximate surface area is 335 Å². The van der Waals surface area contributed by atoms with E-state index in [2.05, 4.69) is 192 Å². The second kappa shape index (κ2) is 13.1. The molecular formula is C54H44N2O. The standard InChI is InChI=1S/C54H44N2O/c1-3-13-35(14-4-1)36-23-25-37(26-24-36)41-30-32-50(54-53(41)45-19-9-12-22-52(45)57-54)56-48-21-11-8-18-43(48)46-33-38(28-31-49(46)56)39-27-29-44-42-17-7-10-20-47(42)55(51(44)34-39)40-15-5-2-6-16-40/h1-6,9-16,19-34,42-43,45,47-48,52H,7-8,17-18H2. The molecule has 3 nitrogen and oxygen atoms in total. The number of benzene rings is 6. The number of hydrogen-bond acceptors (Lipinski definition) is 3. The van der Waals surface area contributed by atoms with E-state index in [0.29, 0.717) is 17.9 Å². The van der Waals surface area contributed by atoms with Gasteiger partial charge in [-0.3, -0.25) is 0 Å². The number of hydrogen-bond donors (Lipinski definition) is 0. The fourth-order valence-corrected chi connectivity index (χ4v) is 10.9. The van der Waals surface area contributed by atoms with Crippen molar-refractivity contribution in [3.8, 4) is 39.1 Å². The van der Waals surface area contributed by atoms with E-state index >= 15 is 0 Å². The van der Waals surface area contributed by atoms with Crippen LogP contribution in [0.2, 0.25) is 0 Å². The number of fused-ring (bicyclic) bond motifs is 9. The maximum absolute atomic E-state index is 7.01. The van der Waals surface area contributed by atoms with Crippen molar-refractivity contribution >= 4 is 22.7 Å². The molecule has 0 N–H and O–H groups in total. The molecule has 3 aliphatic heterocycles. The Kier molecular flexibility index (Phi) is 7.58. The second-order valence-electron chi connectivity index (χ2n) is 16.5. The van der Waals surface area contributed by atoms with E-state index in [-0.39, 0.29) is 18.1 Å². The monoisotopic (exact) mass is 736 g/mol. The molecule has 0 bridgehead atoms. The summed E-state index contributed by atoms with van der Waals surface area (Å²) in [5.41, 5.74) is 16.8. The summed E-state index contributed by atoms with van der Waals surface area (Å²) in [6.07, 6.45) is 23.1. The average Bonchev–Trinajstić information content (AvgIpc) is 3.95. The summed E-state index contributed by atoms with van der Waals surface area (Å²) < 4.78 is 7.01. The quantitative estimate of drug-likeness (QED) is 0.164. The Bertz CT molecular complexity index is 2650. The Hall–Kier alpha value is -6.32. The Morgan fingerprint density at radius 1 is 0.474 bits per heavy atom. The largest absolute Gasteiger partial charge is 0.483 e. The Morgan fingerprint density at radius 2 is 1.11 bits per heavy atom. The van der Waals surface area contributed by atoms with Gasteiger partial charge in [0.1, 0.15) is 11.9 Å². The van der Waals surface area contributed by atoms with Crippen LogP contribution in [0, 0.1) is 0 Å². The van der Waals surface area contributed by atoms with Gasteiger partial charge in [-0.1, -0.05) is 140 Å². The van der Waals surface area contributed by atoms with Crippen LogP contribution in [0.1, 0.15) is 60.1 Å². The molecular weight excluding hydrogens is 693 g/mol. The third kappa shape index (κ3) is 5.18. The van der Waals surface area contributed by atoms with Crippen LogP contribution < -0.4 is 14.5 Å². The highest BCUT2D eigenvalue weighted by atomic mass is 16.5. The molecule has 6 aliphatic rings. The Morgan fingerprint density at radius 3 is 1.91 bits per heavy atom. The second-order valence-corrected chi connectivity index (χ2v) is 16.5. The van der Waals surface area contributed by atoms with Gasteiger partial charge in [0.05, 0.1) is 17.8 Å². The summed E-state index contributed by atoms with van der Waals surface area (Å²) in [6.45, 7) is 0. The Balaban J connectivity index is 0.951. The van der Waals surface area contributed by atoms with Crippen molar-refractivity contribution in [2.75, 3.05) is 9.80 Å². The molecule has 3 heteroatoms. The first-order valence-electron chi connectivity index (χ1n) is 20.9. The minimum atomic E-state index is -0.00906. The van der Waals surface area contributed by atoms with Gasteiger partial charge in [-0.25, -0.2) is 0 Å². The predicted octanol–water partition coefficient (Wildman–Crippen LogP) is 13.6. The van der Waals surface area contributed by atoms with Crippen molar-refractivity contribution in [2.24, 2.45) is 0 Å². The van der Waals surface area contributed by atoms with Crippen molar-refractivity contribution in [3.63, 3.8) is 0 Å². The van der Waals surface area contributed by atoms with Gasteiger partial charge in [-0.2, -0.15) is 0 Å². The van der Waals surface area contributed by atoms with Crippen LogP contribution in [0.25, 0.3) is 33.4 Å². The highest BCUT2D eigenvalue weighted by molar-refractivity contribution is 5.87. The van der Waals surface area contributed by atoms with E-state index in [0.717, 1.165) is 25.0 Å². The minimum absolute atomic E-state index is 0.00906. The van der Waals surface area contributed by atoms with Gasteiger partial charge in [0.2, 0.25) is 0 Å². The van der Waals surface area contributed by atoms with Crippen molar-refractivity contribution in [1.29, 1.82) is 0 Å². The number of anilines is 4. The fraction of sp³-hybridized carbons (Fsp3) is 0.185. The van der Waals surface area contributed by atoms with Crippen LogP contribution in [-0.2, 0) is 0 Å². The van der Waals surface area contributed by atoms with Crippen molar-refractivity contribution < 1.29 is 4.74 Å². The first-order chi connectivity index (χ1) is 28.3. The summed E-state index contributed by atoms with van der Waals surface area (Å²) in [6, 6.07) is 50.5. The third-order valence-electron chi connectivity index (χ3n) is 13.5. The highest BCUT2D eigenvalue weighted by Gasteiger charge is 2.44. The lowest BCUT2D eigenvalue weighted by Gasteiger charge is -2.31. The molecule has 0 spiro atoms. The molecule has 6 atom stereocenters. The summed E-state index contributed by atoms with van der Waals surface area (Å²) in [5.74, 6) is 2.14. The molecule has 0 aromatic heterocycles. The molecule has 6 unspecified atom stereocenters. The lowest BCUT2D eigenvalue weighted by Crippen LogP contribution is -2.30. The summed E-state index contributed by atoms with van der Waals surface area (Å²) in [7, 11) is 0. The van der Waals surface area contributed by atoms with E-state index in [1.165, 1.54) is 79.2 Å². The van der Waals surface area contributed by atoms with Crippen LogP contribution in [0.5, 0.6) is 5.75 Å². The van der Waals surface area contributed by atoms with Gasteiger partial charge in [0.25, 0.3) is 0 Å². The van der Waals surface area contributed by atoms with Crippen LogP contribution in [0.4, 0.5) is 22.7 Å². The SMILES string of the molecule is C1=CC2Oc3c(N4c5ccc(-c6ccc7c(c6)N(c6ccccc6)C6C=CCCC76)cc5C5CCC=CC54)ccc(-c4ccc(-c5ccccc5)cc4)c3C2C=C1. The lowest BCUT2D eigenvalue weighted by atomic mass is 9.84. The molecule has 12 rings (SSSR count). The lowest BCUT2D eigenvalue weighted by molar-refractivity contribution is 0.269. The summed E-state index contributed by atoms with van der Waals surface area (Å²) in [4.78, 5) is 5.18. The van der Waals surface area contributed by atoms with E-state index < -0.39 is 0 Å². The van der Waals surface area contributed by atoms with Gasteiger partial charge in [-0.05, 0) is 113 Å². The number of rotatable bonds is 5. The van der Waals surface area contributed by atoms with Crippen LogP contribution >= 0.6 is 0 Å². The van der Waals surface area contributed by atoms with Crippen molar-refractivity contribution in [1.82, 2.24) is 0 Å². The molecule has 6 aromatic rings. The smallest absolute Gasteiger partial charge is 0.148 e. The van der Waals surface area contributed by atoms with Gasteiger partial charge in [0, 0.05) is 40.4 Å². The molecule has 0 fully saturated rings. The van der Waals surface area contributed by atoms with Gasteiger partial charge < -0.3 is 14.5 Å². The number of allylic oxidation sites excluding steroid dienone is 4. The topological polar surface area (TPSA) is 15.7 Å². The zero-order valence-electron chi connectivity index (χ0n) is 31.9. The average molecular weight is 737 g/mol. The maximum atomic E-state index is 7.01. The number of para-hydroxylation sites is 1. The fourth-order valence-electron chi connectivity index (χ4n) is 10.9. The van der Waals surface area contributed by atoms with Crippen molar-refractivity contribution in [3.05, 3.63) is 199 Å². The highest BCUT2D eigenvalue weighted by Crippen LogP contribution is 2.58. The molecule has 0 saturated carbocycles. The van der Waals surface area contributed by atoms with E-state index in [9.17, 15) is 0 Å². The van der Waals surface area contributed by atoms with E-state index in [1.807, 2.05) is 0 Å². The predicted molar refractivity (Wildman–Crippen MR) is 235 cm³/mol. The van der Waals surface area contributed by atoms with E-state index in [4.69, 9.17) is 4.74 Å². The van der Waals surface area contributed by atoms with Crippen LogP contribution in [-0.4, -0.2) is 18.2 Å². The summed E-state index contributed by atoms with van der Waals surface area (Å²) >= 11 is 0. The van der Waals surface area contributed by atoms with Gasteiger partial charge in [-0.15, -0.1) is 0 Å². The molecule has 0 amide bonds. The van der Waals surface area contributed by atoms with Crippen LogP contribution in [0.3, 0.4) is 0 Å². The first-order valence-corrected chi connectivity index (χ1v) is 20.9. The first kappa shape index (κ1) is 32.9. The minimum Gasteiger partial charge on any atom is -0.483 e. The molecule has 276 valence electrons. The molecule has 6 aromatic carbocycles. The zero-order chi connectivity index (χ0) is 37.5. The van der Waals surface area contributed by atoms with Gasteiger partial charge in [0.15, 0.2) is 0 Å². The van der Waals surface area contributed by atoms with Crippen molar-refractivity contribution in [2.45, 2.75) is 61.6 Å². The molecule has 0 radical (unpaired) electrons. The van der Waals surface area contributed by atoms with E-state index in [1.54, 1.807) is 0 Å². The van der Waals surface area contributed by atoms with Crippen LogP contribution in [0.15, 0.2) is 182 Å². The molecule has 3 aliphatic carbocycles. The molecule has 57 heavy (non-hydrogen) atoms. The van der Waals surface area contributed by atoms with Gasteiger partial charge >= 0.3 is 0 Å². The normalized spacial score (nSPS) is 24.4. The zero-order valence-corrected chi connectivity index (χ0v) is 31.9. The summed E-state index contributed by atoms with van der Waals surface area (Å²) in [5, 5.41) is 0. The maximum Gasteiger partial charge on any atom is 0.148 e. The number of nitrogens with zero attached hydrogens (tertiary/aromatic N) is 2.